The minimum Gasteiger partial charge on any atom is -0.437 e. The molecule has 0 fully saturated rings. The first-order valence-corrected chi connectivity index (χ1v) is 5.46. The number of aromatic amines is 1. The highest BCUT2D eigenvalue weighted by Gasteiger charge is 2.37. The molecule has 0 atom stereocenters. The summed E-state index contributed by atoms with van der Waals surface area (Å²) in [6.45, 7) is 0. The number of aromatic nitrogens is 1. The highest BCUT2D eigenvalue weighted by atomic mass is 32.1. The number of alkyl halides is 6. The number of oxazole rings is 1. The van der Waals surface area contributed by atoms with Crippen molar-refractivity contribution in [1.29, 1.82) is 0 Å². The first kappa shape index (κ1) is 14.6. The monoisotopic (exact) mass is 313 g/mol. The predicted molar refractivity (Wildman–Crippen MR) is 59.3 cm³/mol. The Morgan fingerprint density at radius 2 is 1.40 bits per heavy atom. The number of rotatable bonds is 1. The largest absolute Gasteiger partial charge is 0.437 e. The third-order valence-corrected chi connectivity index (χ3v) is 2.62. The van der Waals surface area contributed by atoms with Crippen molar-refractivity contribution < 1.29 is 30.8 Å². The van der Waals surface area contributed by atoms with Crippen LogP contribution in [0.1, 0.15) is 11.1 Å². The second-order valence-corrected chi connectivity index (χ2v) is 4.23. The third-order valence-electron chi connectivity index (χ3n) is 2.42. The smallest absolute Gasteiger partial charge is 0.416 e. The highest BCUT2D eigenvalue weighted by molar-refractivity contribution is 7.71. The summed E-state index contributed by atoms with van der Waals surface area (Å²) < 4.78 is 80.5. The lowest BCUT2D eigenvalue weighted by molar-refractivity contribution is -0.143. The summed E-state index contributed by atoms with van der Waals surface area (Å²) in [5.74, 6) is 0. The molecule has 20 heavy (non-hydrogen) atoms. The summed E-state index contributed by atoms with van der Waals surface area (Å²) in [7, 11) is 0. The molecule has 0 bridgehead atoms. The zero-order chi connectivity index (χ0) is 15.1. The van der Waals surface area contributed by atoms with E-state index in [9.17, 15) is 26.3 Å². The molecule has 1 heterocycles. The van der Waals surface area contributed by atoms with Crippen molar-refractivity contribution >= 4 is 12.2 Å². The van der Waals surface area contributed by atoms with Gasteiger partial charge in [0.15, 0.2) is 0 Å². The van der Waals surface area contributed by atoms with E-state index >= 15 is 0 Å². The third kappa shape index (κ3) is 3.03. The van der Waals surface area contributed by atoms with Crippen LogP contribution in [-0.2, 0) is 12.4 Å². The lowest BCUT2D eigenvalue weighted by Crippen LogP contribution is -2.11. The second kappa shape index (κ2) is 4.65. The van der Waals surface area contributed by atoms with Crippen LogP contribution in [0.25, 0.3) is 11.3 Å². The Balaban J connectivity index is 2.66. The summed E-state index contributed by atoms with van der Waals surface area (Å²) in [6, 6.07) is 1.23. The zero-order valence-electron chi connectivity index (χ0n) is 9.39. The maximum Gasteiger partial charge on any atom is 0.416 e. The van der Waals surface area contributed by atoms with E-state index < -0.39 is 23.5 Å². The molecule has 0 saturated carbocycles. The van der Waals surface area contributed by atoms with E-state index in [0.29, 0.717) is 12.1 Å². The molecule has 1 aromatic carbocycles. The van der Waals surface area contributed by atoms with Crippen LogP contribution in [0.15, 0.2) is 28.9 Å². The molecule has 0 aliphatic heterocycles. The van der Waals surface area contributed by atoms with Crippen LogP contribution in [0.2, 0.25) is 0 Å². The van der Waals surface area contributed by atoms with Gasteiger partial charge in [-0.2, -0.15) is 26.3 Å². The molecule has 2 rings (SSSR count). The number of hydrogen-bond acceptors (Lipinski definition) is 2. The summed E-state index contributed by atoms with van der Waals surface area (Å²) in [5.41, 5.74) is -3.18. The molecule has 0 aliphatic rings. The predicted octanol–water partition coefficient (Wildman–Crippen LogP) is 5.04. The first-order valence-electron chi connectivity index (χ1n) is 5.05. The average Bonchev–Trinajstić information content (AvgIpc) is 2.73. The van der Waals surface area contributed by atoms with Crippen LogP contribution in [-0.4, -0.2) is 4.98 Å². The van der Waals surface area contributed by atoms with E-state index in [2.05, 4.69) is 21.6 Å². The average molecular weight is 313 g/mol. The van der Waals surface area contributed by atoms with Crippen LogP contribution < -0.4 is 0 Å². The van der Waals surface area contributed by atoms with Gasteiger partial charge in [0.05, 0.1) is 16.8 Å². The molecule has 0 spiro atoms. The standard InChI is InChI=1S/C11H5F6NOS/c12-10(13,14)6-1-5(8-4-19-9(20)18-8)2-7(3-6)11(15,16)17/h1-4H,(H,18,20). The summed E-state index contributed by atoms with van der Waals surface area (Å²) >= 11 is 4.58. The Bertz CT molecular complexity index is 649. The van der Waals surface area contributed by atoms with E-state index in [1.165, 1.54) is 0 Å². The van der Waals surface area contributed by atoms with Gasteiger partial charge in [-0.3, -0.25) is 0 Å². The van der Waals surface area contributed by atoms with Crippen LogP contribution in [0.3, 0.4) is 0 Å². The van der Waals surface area contributed by atoms with Crippen LogP contribution >= 0.6 is 12.2 Å². The highest BCUT2D eigenvalue weighted by Crippen LogP contribution is 2.38. The lowest BCUT2D eigenvalue weighted by atomic mass is 10.0. The van der Waals surface area contributed by atoms with Gasteiger partial charge < -0.3 is 9.40 Å². The molecule has 0 aliphatic carbocycles. The fraction of sp³-hybridized carbons (Fsp3) is 0.182. The summed E-state index contributed by atoms with van der Waals surface area (Å²) in [4.78, 5) is 2.22. The minimum atomic E-state index is -4.89. The van der Waals surface area contributed by atoms with Crippen molar-refractivity contribution in [1.82, 2.24) is 4.98 Å². The molecule has 2 aromatic rings. The number of nitrogens with one attached hydrogen (secondary N) is 1. The maximum absolute atomic E-state index is 12.6. The van der Waals surface area contributed by atoms with Crippen molar-refractivity contribution in [2.75, 3.05) is 0 Å². The number of benzene rings is 1. The van der Waals surface area contributed by atoms with Gasteiger partial charge >= 0.3 is 12.4 Å². The van der Waals surface area contributed by atoms with Crippen molar-refractivity contribution in [3.8, 4) is 11.3 Å². The van der Waals surface area contributed by atoms with Gasteiger partial charge in [-0.05, 0) is 30.4 Å². The lowest BCUT2D eigenvalue weighted by Gasteiger charge is -2.13. The second-order valence-electron chi connectivity index (χ2n) is 3.86. The molecule has 1 N–H and O–H groups in total. The molecule has 108 valence electrons. The van der Waals surface area contributed by atoms with E-state index in [-0.39, 0.29) is 22.2 Å². The quantitative estimate of drug-likeness (QED) is 0.590. The Kier molecular flexibility index (Phi) is 3.41. The van der Waals surface area contributed by atoms with Gasteiger partial charge in [-0.15, -0.1) is 0 Å². The zero-order valence-corrected chi connectivity index (χ0v) is 10.2. The Morgan fingerprint density at radius 1 is 0.900 bits per heavy atom. The molecular weight excluding hydrogens is 308 g/mol. The van der Waals surface area contributed by atoms with Gasteiger partial charge in [0, 0.05) is 5.56 Å². The number of halogens is 6. The topological polar surface area (TPSA) is 28.9 Å². The molecule has 0 saturated heterocycles. The summed E-state index contributed by atoms with van der Waals surface area (Å²) in [6.07, 6.45) is -8.83. The van der Waals surface area contributed by atoms with Crippen molar-refractivity contribution in [2.45, 2.75) is 12.4 Å². The van der Waals surface area contributed by atoms with Gasteiger partial charge in [0.2, 0.25) is 0 Å². The first-order chi connectivity index (χ1) is 9.07. The Hall–Kier alpha value is -1.77. The van der Waals surface area contributed by atoms with E-state index in [1.54, 1.807) is 0 Å². The van der Waals surface area contributed by atoms with Crippen molar-refractivity contribution in [3.05, 3.63) is 40.4 Å². The molecule has 1 aromatic heterocycles. The van der Waals surface area contributed by atoms with E-state index in [1.807, 2.05) is 0 Å². The van der Waals surface area contributed by atoms with E-state index in [0.717, 1.165) is 6.26 Å². The molecule has 0 unspecified atom stereocenters. The minimum absolute atomic E-state index is 0.0538. The van der Waals surface area contributed by atoms with Crippen molar-refractivity contribution in [2.24, 2.45) is 0 Å². The van der Waals surface area contributed by atoms with Gasteiger partial charge in [-0.1, -0.05) is 0 Å². The van der Waals surface area contributed by atoms with Crippen molar-refractivity contribution in [3.63, 3.8) is 0 Å². The molecule has 9 heteroatoms. The fourth-order valence-corrected chi connectivity index (χ4v) is 1.69. The number of H-pyrrole nitrogens is 1. The van der Waals surface area contributed by atoms with E-state index in [4.69, 9.17) is 0 Å². The molecule has 0 amide bonds. The number of hydrogen-bond donors (Lipinski definition) is 1. The fourth-order valence-electron chi connectivity index (χ4n) is 1.53. The summed E-state index contributed by atoms with van der Waals surface area (Å²) in [5, 5.41) is 0. The maximum atomic E-state index is 12.6. The Labute approximate surface area is 113 Å². The van der Waals surface area contributed by atoms with Crippen LogP contribution in [0, 0.1) is 4.84 Å². The molecule has 2 nitrogen and oxygen atoms in total. The van der Waals surface area contributed by atoms with Gasteiger partial charge in [0.25, 0.3) is 4.84 Å². The SMILES string of the molecule is FC(F)(F)c1cc(-c2coc(=S)[nH]2)cc(C(F)(F)F)c1. The van der Waals surface area contributed by atoms with Crippen LogP contribution in [0.4, 0.5) is 26.3 Å². The van der Waals surface area contributed by atoms with Crippen LogP contribution in [0.5, 0.6) is 0 Å². The van der Waals surface area contributed by atoms with Gasteiger partial charge in [0.1, 0.15) is 6.26 Å². The van der Waals surface area contributed by atoms with Gasteiger partial charge in [-0.25, -0.2) is 0 Å². The molecular formula is C11H5F6NOS. The molecule has 0 radical (unpaired) electrons. The normalized spacial score (nSPS) is 12.7. The Morgan fingerprint density at radius 3 is 1.75 bits per heavy atom.